The second kappa shape index (κ2) is 9.23. The van der Waals surface area contributed by atoms with E-state index >= 15 is 0 Å². The molecule has 1 fully saturated rings. The maximum atomic E-state index is 13.0. The van der Waals surface area contributed by atoms with Crippen LogP contribution in [0.4, 0.5) is 0 Å². The summed E-state index contributed by atoms with van der Waals surface area (Å²) in [6, 6.07) is 11.5. The van der Waals surface area contributed by atoms with Crippen LogP contribution in [0.2, 0.25) is 0 Å². The number of ketones is 1. The number of allylic oxidation sites excluding steroid dienone is 1. The Morgan fingerprint density at radius 2 is 1.83 bits per heavy atom. The number of H-pyrrole nitrogens is 1. The summed E-state index contributed by atoms with van der Waals surface area (Å²) in [6.45, 7) is 4.51. The van der Waals surface area contributed by atoms with Gasteiger partial charge in [-0.3, -0.25) is 9.69 Å². The van der Waals surface area contributed by atoms with Crippen LogP contribution in [-0.4, -0.2) is 47.0 Å². The Labute approximate surface area is 188 Å². The molecular formula is C23H25Cl2N3O2. The molecule has 0 saturated carbocycles. The number of rotatable bonds is 3. The molecule has 0 spiro atoms. The molecule has 5 rings (SSSR count). The maximum Gasteiger partial charge on any atom is 0.189 e. The Balaban J connectivity index is 0.00000128. The van der Waals surface area contributed by atoms with E-state index in [1.54, 1.807) is 12.1 Å². The lowest BCUT2D eigenvalue weighted by Gasteiger charge is -2.28. The van der Waals surface area contributed by atoms with Crippen molar-refractivity contribution in [2.75, 3.05) is 26.2 Å². The molecule has 2 aromatic carbocycles. The van der Waals surface area contributed by atoms with Crippen molar-refractivity contribution in [1.82, 2.24) is 15.2 Å². The number of aromatic amines is 1. The van der Waals surface area contributed by atoms with E-state index in [4.69, 9.17) is 0 Å². The molecule has 1 aromatic heterocycles. The highest BCUT2D eigenvalue weighted by Gasteiger charge is 2.29. The van der Waals surface area contributed by atoms with Crippen LogP contribution in [0.1, 0.15) is 27.0 Å². The van der Waals surface area contributed by atoms with Gasteiger partial charge >= 0.3 is 0 Å². The van der Waals surface area contributed by atoms with Crippen molar-refractivity contribution in [2.24, 2.45) is 0 Å². The largest absolute Gasteiger partial charge is 0.508 e. The number of halogens is 2. The quantitative estimate of drug-likeness (QED) is 0.533. The van der Waals surface area contributed by atoms with Crippen molar-refractivity contribution >= 4 is 47.6 Å². The second-order valence-corrected chi connectivity index (χ2v) is 7.58. The fraction of sp³-hybridized carbons (Fsp3) is 0.261. The van der Waals surface area contributed by atoms with Gasteiger partial charge in [0.1, 0.15) is 5.75 Å². The van der Waals surface area contributed by atoms with Crippen LogP contribution < -0.4 is 5.32 Å². The van der Waals surface area contributed by atoms with E-state index in [-0.39, 0.29) is 30.6 Å². The summed E-state index contributed by atoms with van der Waals surface area (Å²) in [7, 11) is 0. The molecule has 7 heteroatoms. The number of carbonyl (C=O) groups excluding carboxylic acids is 1. The Kier molecular flexibility index (Phi) is 6.88. The first-order chi connectivity index (χ1) is 13.7. The number of benzene rings is 2. The van der Waals surface area contributed by atoms with E-state index in [2.05, 4.69) is 21.3 Å². The van der Waals surface area contributed by atoms with E-state index in [0.717, 1.165) is 64.9 Å². The van der Waals surface area contributed by atoms with Crippen LogP contribution in [0.15, 0.2) is 48.2 Å². The number of aromatic hydroxyl groups is 1. The molecule has 1 aliphatic carbocycles. The Bertz CT molecular complexity index is 1100. The standard InChI is InChI=1S/C23H23N3O2.2ClH/c27-22-6-5-18-19(20(22)14-26-9-7-24-8-10-26)12-15(23(18)28)11-16-13-25-21-4-2-1-3-17(16)21;;/h1-6,11,13,24-25,27H,7-10,12,14H2;2*1H/b15-11+;;. The fourth-order valence-corrected chi connectivity index (χ4v) is 4.33. The summed E-state index contributed by atoms with van der Waals surface area (Å²) >= 11 is 0. The molecule has 5 nitrogen and oxygen atoms in total. The number of hydrogen-bond acceptors (Lipinski definition) is 4. The Morgan fingerprint density at radius 3 is 2.63 bits per heavy atom. The van der Waals surface area contributed by atoms with Crippen LogP contribution in [-0.2, 0) is 13.0 Å². The molecule has 3 N–H and O–H groups in total. The minimum Gasteiger partial charge on any atom is -0.508 e. The number of Topliss-reactive ketones (excluding diaryl/α,β-unsaturated/α-hetero) is 1. The Hall–Kier alpha value is -2.31. The third kappa shape index (κ3) is 3.98. The molecule has 0 bridgehead atoms. The number of para-hydroxylation sites is 1. The monoisotopic (exact) mass is 445 g/mol. The first-order valence-corrected chi connectivity index (χ1v) is 9.79. The highest BCUT2D eigenvalue weighted by Crippen LogP contribution is 2.36. The highest BCUT2D eigenvalue weighted by molar-refractivity contribution is 6.16. The number of nitrogens with zero attached hydrogens (tertiary/aromatic N) is 1. The first-order valence-electron chi connectivity index (χ1n) is 9.79. The number of phenols is 1. The molecule has 158 valence electrons. The average Bonchev–Trinajstić information content (AvgIpc) is 3.27. The predicted molar refractivity (Wildman–Crippen MR) is 125 cm³/mol. The molecule has 0 unspecified atom stereocenters. The zero-order valence-corrected chi connectivity index (χ0v) is 18.1. The normalized spacial score (nSPS) is 17.6. The summed E-state index contributed by atoms with van der Waals surface area (Å²) in [5, 5.41) is 15.0. The zero-order valence-electron chi connectivity index (χ0n) is 16.5. The summed E-state index contributed by atoms with van der Waals surface area (Å²) in [5.41, 5.74) is 5.49. The fourth-order valence-electron chi connectivity index (χ4n) is 4.33. The van der Waals surface area contributed by atoms with Crippen LogP contribution in [0.5, 0.6) is 5.75 Å². The van der Waals surface area contributed by atoms with Gasteiger partial charge in [-0.25, -0.2) is 0 Å². The molecule has 30 heavy (non-hydrogen) atoms. The topological polar surface area (TPSA) is 68.4 Å². The van der Waals surface area contributed by atoms with E-state index in [0.29, 0.717) is 18.7 Å². The summed E-state index contributed by atoms with van der Waals surface area (Å²) in [6.07, 6.45) is 4.52. The van der Waals surface area contributed by atoms with Gasteiger partial charge in [0.05, 0.1) is 0 Å². The summed E-state index contributed by atoms with van der Waals surface area (Å²) in [5.74, 6) is 0.361. The van der Waals surface area contributed by atoms with Crippen molar-refractivity contribution in [3.05, 3.63) is 70.4 Å². The van der Waals surface area contributed by atoms with E-state index in [9.17, 15) is 9.90 Å². The van der Waals surface area contributed by atoms with Gasteiger partial charge < -0.3 is 15.4 Å². The van der Waals surface area contributed by atoms with E-state index in [1.165, 1.54) is 0 Å². The third-order valence-electron chi connectivity index (χ3n) is 5.85. The van der Waals surface area contributed by atoms with Gasteiger partial charge in [0.15, 0.2) is 5.78 Å². The lowest BCUT2D eigenvalue weighted by atomic mass is 10.0. The number of fused-ring (bicyclic) bond motifs is 2. The number of nitrogens with one attached hydrogen (secondary N) is 2. The van der Waals surface area contributed by atoms with Crippen LogP contribution in [0, 0.1) is 0 Å². The van der Waals surface area contributed by atoms with Crippen molar-refractivity contribution in [1.29, 1.82) is 0 Å². The molecule has 1 aliphatic heterocycles. The van der Waals surface area contributed by atoms with Crippen LogP contribution >= 0.6 is 24.8 Å². The zero-order chi connectivity index (χ0) is 19.1. The lowest BCUT2D eigenvalue weighted by Crippen LogP contribution is -2.43. The van der Waals surface area contributed by atoms with Crippen LogP contribution in [0.25, 0.3) is 17.0 Å². The molecule has 2 heterocycles. The SMILES string of the molecule is Cl.Cl.O=C1/C(=C/c2c[nH]c3ccccc23)Cc2c1ccc(O)c2CN1CCNCC1. The minimum atomic E-state index is 0. The van der Waals surface area contributed by atoms with Crippen molar-refractivity contribution in [3.8, 4) is 5.75 Å². The highest BCUT2D eigenvalue weighted by atomic mass is 35.5. The third-order valence-corrected chi connectivity index (χ3v) is 5.85. The van der Waals surface area contributed by atoms with Gasteiger partial charge in [0.25, 0.3) is 0 Å². The molecule has 0 radical (unpaired) electrons. The second-order valence-electron chi connectivity index (χ2n) is 7.58. The number of hydrogen-bond donors (Lipinski definition) is 3. The number of piperazine rings is 1. The predicted octanol–water partition coefficient (Wildman–Crippen LogP) is 3.94. The van der Waals surface area contributed by atoms with E-state index < -0.39 is 0 Å². The van der Waals surface area contributed by atoms with Crippen molar-refractivity contribution < 1.29 is 9.90 Å². The molecule has 0 atom stereocenters. The van der Waals surface area contributed by atoms with E-state index in [1.807, 2.05) is 30.5 Å². The minimum absolute atomic E-state index is 0. The van der Waals surface area contributed by atoms with Gasteiger partial charge in [0, 0.05) is 78.5 Å². The van der Waals surface area contributed by atoms with Gasteiger partial charge in [0.2, 0.25) is 0 Å². The molecule has 2 aliphatic rings. The lowest BCUT2D eigenvalue weighted by molar-refractivity contribution is 0.104. The molecule has 3 aromatic rings. The number of aromatic nitrogens is 1. The average molecular weight is 446 g/mol. The first kappa shape index (κ1) is 22.4. The van der Waals surface area contributed by atoms with Gasteiger partial charge in [-0.2, -0.15) is 0 Å². The van der Waals surface area contributed by atoms with Gasteiger partial charge in [-0.15, -0.1) is 24.8 Å². The van der Waals surface area contributed by atoms with Crippen LogP contribution in [0.3, 0.4) is 0 Å². The number of carbonyl (C=O) groups is 1. The van der Waals surface area contributed by atoms with Gasteiger partial charge in [-0.1, -0.05) is 18.2 Å². The number of phenolic OH excluding ortho intramolecular Hbond substituents is 1. The van der Waals surface area contributed by atoms with Crippen molar-refractivity contribution in [2.45, 2.75) is 13.0 Å². The van der Waals surface area contributed by atoms with Gasteiger partial charge in [-0.05, 0) is 29.8 Å². The molecule has 1 saturated heterocycles. The smallest absolute Gasteiger partial charge is 0.189 e. The summed E-state index contributed by atoms with van der Waals surface area (Å²) in [4.78, 5) is 18.6. The maximum absolute atomic E-state index is 13.0. The van der Waals surface area contributed by atoms with Crippen molar-refractivity contribution in [3.63, 3.8) is 0 Å². The molecule has 0 amide bonds. The molecular weight excluding hydrogens is 421 g/mol. The Morgan fingerprint density at radius 1 is 1.07 bits per heavy atom. The summed E-state index contributed by atoms with van der Waals surface area (Å²) < 4.78 is 0.